The van der Waals surface area contributed by atoms with Gasteiger partial charge in [-0.1, -0.05) is 24.3 Å². The van der Waals surface area contributed by atoms with Crippen LogP contribution in [0, 0.1) is 0 Å². The molecule has 0 fully saturated rings. The molecule has 0 spiro atoms. The minimum atomic E-state index is -3.88. The van der Waals surface area contributed by atoms with Gasteiger partial charge in [-0.25, -0.2) is 13.2 Å². The van der Waals surface area contributed by atoms with Gasteiger partial charge in [-0.15, -0.1) is 0 Å². The number of hydrogen-bond donors (Lipinski definition) is 1. The van der Waals surface area contributed by atoms with Gasteiger partial charge in [0, 0.05) is 12.2 Å². The number of thiazole rings is 1. The first-order valence-corrected chi connectivity index (χ1v) is 11.1. The van der Waals surface area contributed by atoms with E-state index < -0.39 is 16.0 Å². The molecule has 3 aromatic rings. The monoisotopic (exact) mass is 420 g/mol. The van der Waals surface area contributed by atoms with Gasteiger partial charge in [0.15, 0.2) is 0 Å². The van der Waals surface area contributed by atoms with E-state index >= 15 is 0 Å². The number of anilines is 1. The van der Waals surface area contributed by atoms with Crippen LogP contribution >= 0.6 is 11.3 Å². The van der Waals surface area contributed by atoms with Gasteiger partial charge in [-0.3, -0.25) is 14.1 Å². The molecule has 0 amide bonds. The number of fused-ring (bicyclic) bond motifs is 1. The molecular weight excluding hydrogens is 400 g/mol. The predicted octanol–water partition coefficient (Wildman–Crippen LogP) is 3.45. The molecule has 0 bridgehead atoms. The molecule has 1 aromatic heterocycles. The highest BCUT2D eigenvalue weighted by Crippen LogP contribution is 2.24. The van der Waals surface area contributed by atoms with Crippen LogP contribution in [0.3, 0.4) is 0 Å². The smallest absolute Gasteiger partial charge is 0.338 e. The number of nitrogens with one attached hydrogen (secondary N) is 1. The summed E-state index contributed by atoms with van der Waals surface area (Å²) in [6, 6.07) is 10.7. The summed E-state index contributed by atoms with van der Waals surface area (Å²) in [5.41, 5.74) is 1.23. The Labute approximate surface area is 166 Å². The molecule has 2 aromatic carbocycles. The maximum Gasteiger partial charge on any atom is 0.338 e. The van der Waals surface area contributed by atoms with Crippen molar-refractivity contribution < 1.29 is 17.9 Å². The highest BCUT2D eigenvalue weighted by atomic mass is 32.2. The van der Waals surface area contributed by atoms with Crippen LogP contribution in [0.1, 0.15) is 30.6 Å². The van der Waals surface area contributed by atoms with Crippen molar-refractivity contribution in [3.05, 3.63) is 57.7 Å². The van der Waals surface area contributed by atoms with Crippen molar-refractivity contribution in [3.63, 3.8) is 0 Å². The number of esters is 1. The minimum Gasteiger partial charge on any atom is -0.462 e. The zero-order valence-electron chi connectivity index (χ0n) is 15.5. The Kier molecular flexibility index (Phi) is 5.85. The van der Waals surface area contributed by atoms with E-state index in [2.05, 4.69) is 4.72 Å². The average Bonchev–Trinajstić information content (AvgIpc) is 2.97. The van der Waals surface area contributed by atoms with Gasteiger partial charge in [-0.2, -0.15) is 0 Å². The van der Waals surface area contributed by atoms with Crippen molar-refractivity contribution in [2.24, 2.45) is 0 Å². The van der Waals surface area contributed by atoms with Gasteiger partial charge in [0.05, 0.1) is 27.3 Å². The van der Waals surface area contributed by atoms with Gasteiger partial charge >= 0.3 is 10.8 Å². The van der Waals surface area contributed by atoms with Crippen LogP contribution in [-0.2, 0) is 21.3 Å². The topological polar surface area (TPSA) is 94.5 Å². The number of ether oxygens (including phenoxy) is 1. The fourth-order valence-electron chi connectivity index (χ4n) is 2.79. The quantitative estimate of drug-likeness (QED) is 0.591. The first-order valence-electron chi connectivity index (χ1n) is 8.79. The Bertz CT molecular complexity index is 1180. The minimum absolute atomic E-state index is 0.0476. The van der Waals surface area contributed by atoms with Crippen LogP contribution in [0.2, 0.25) is 0 Å². The zero-order chi connectivity index (χ0) is 20.3. The Hall–Kier alpha value is -2.65. The van der Waals surface area contributed by atoms with E-state index in [1.54, 1.807) is 35.8 Å². The number of aryl methyl sites for hydroxylation is 1. The summed E-state index contributed by atoms with van der Waals surface area (Å²) >= 11 is 1.02. The van der Waals surface area contributed by atoms with Gasteiger partial charge in [0.25, 0.3) is 10.0 Å². The van der Waals surface area contributed by atoms with E-state index in [1.165, 1.54) is 18.2 Å². The van der Waals surface area contributed by atoms with E-state index in [9.17, 15) is 18.0 Å². The van der Waals surface area contributed by atoms with Crippen LogP contribution in [0.25, 0.3) is 10.2 Å². The molecule has 0 saturated carbocycles. The number of sulfonamides is 1. The first kappa shape index (κ1) is 20.1. The Morgan fingerprint density at radius 3 is 2.68 bits per heavy atom. The second-order valence-corrected chi connectivity index (χ2v) is 8.73. The van der Waals surface area contributed by atoms with Crippen LogP contribution in [0.15, 0.2) is 52.2 Å². The van der Waals surface area contributed by atoms with E-state index in [0.717, 1.165) is 23.3 Å². The fourth-order valence-corrected chi connectivity index (χ4v) is 4.89. The van der Waals surface area contributed by atoms with Crippen molar-refractivity contribution in [1.82, 2.24) is 4.57 Å². The molecule has 0 aliphatic rings. The molecule has 28 heavy (non-hydrogen) atoms. The summed E-state index contributed by atoms with van der Waals surface area (Å²) in [5, 5.41) is 0. The molecule has 1 N–H and O–H groups in total. The lowest BCUT2D eigenvalue weighted by atomic mass is 10.2. The van der Waals surface area contributed by atoms with Crippen molar-refractivity contribution in [2.75, 3.05) is 11.3 Å². The van der Waals surface area contributed by atoms with E-state index in [4.69, 9.17) is 4.74 Å². The van der Waals surface area contributed by atoms with Crippen LogP contribution in [0.5, 0.6) is 0 Å². The van der Waals surface area contributed by atoms with Crippen molar-refractivity contribution >= 4 is 43.2 Å². The predicted molar refractivity (Wildman–Crippen MR) is 110 cm³/mol. The normalized spacial score (nSPS) is 11.5. The lowest BCUT2D eigenvalue weighted by molar-refractivity contribution is 0.0526. The summed E-state index contributed by atoms with van der Waals surface area (Å²) in [6.45, 7) is 4.49. The molecule has 7 nitrogen and oxygen atoms in total. The van der Waals surface area contributed by atoms with Gasteiger partial charge < -0.3 is 4.74 Å². The fraction of sp³-hybridized carbons (Fsp3) is 0.263. The molecule has 1 heterocycles. The number of rotatable bonds is 7. The van der Waals surface area contributed by atoms with E-state index in [-0.39, 0.29) is 27.6 Å². The summed E-state index contributed by atoms with van der Waals surface area (Å²) in [6.07, 6.45) is 0.810. The standard InChI is InChI=1S/C19H20N2O5S2/c1-3-10-21-16-9-8-15(12-17(16)27-19(21)23)28(24,25)20-14-7-5-6-13(11-14)18(22)26-4-2/h5-9,11-12,20H,3-4,10H2,1-2H3. The Balaban J connectivity index is 1.92. The van der Waals surface area contributed by atoms with Gasteiger partial charge in [0.2, 0.25) is 0 Å². The molecular formula is C19H20N2O5S2. The summed E-state index contributed by atoms with van der Waals surface area (Å²) in [5.74, 6) is -0.521. The van der Waals surface area contributed by atoms with Gasteiger partial charge in [0.1, 0.15) is 0 Å². The van der Waals surface area contributed by atoms with E-state index in [0.29, 0.717) is 11.2 Å². The lowest BCUT2D eigenvalue weighted by Crippen LogP contribution is -2.14. The molecule has 3 rings (SSSR count). The van der Waals surface area contributed by atoms with Crippen LogP contribution < -0.4 is 9.60 Å². The molecule has 148 valence electrons. The molecule has 0 atom stereocenters. The zero-order valence-corrected chi connectivity index (χ0v) is 17.1. The number of aromatic nitrogens is 1. The molecule has 9 heteroatoms. The molecule has 0 radical (unpaired) electrons. The molecule has 0 aliphatic carbocycles. The van der Waals surface area contributed by atoms with Crippen LogP contribution in [-0.4, -0.2) is 25.6 Å². The maximum atomic E-state index is 12.8. The summed E-state index contributed by atoms with van der Waals surface area (Å²) in [4.78, 5) is 23.9. The lowest BCUT2D eigenvalue weighted by Gasteiger charge is -2.10. The maximum absolute atomic E-state index is 12.8. The Morgan fingerprint density at radius 1 is 1.18 bits per heavy atom. The Morgan fingerprint density at radius 2 is 1.96 bits per heavy atom. The highest BCUT2D eigenvalue weighted by Gasteiger charge is 2.18. The largest absolute Gasteiger partial charge is 0.462 e. The van der Waals surface area contributed by atoms with Crippen molar-refractivity contribution in [1.29, 1.82) is 0 Å². The first-order chi connectivity index (χ1) is 13.4. The SMILES string of the molecule is CCCn1c(=O)sc2cc(S(=O)(=O)Nc3cccc(C(=O)OCC)c3)ccc21. The molecule has 0 saturated heterocycles. The third-order valence-corrected chi connectivity index (χ3v) is 6.34. The van der Waals surface area contributed by atoms with Crippen molar-refractivity contribution in [2.45, 2.75) is 31.7 Å². The number of nitrogens with zero attached hydrogens (tertiary/aromatic N) is 1. The number of carbonyl (C=O) groups is 1. The van der Waals surface area contributed by atoms with Gasteiger partial charge in [-0.05, 0) is 49.7 Å². The van der Waals surface area contributed by atoms with Crippen molar-refractivity contribution in [3.8, 4) is 0 Å². The summed E-state index contributed by atoms with van der Waals surface area (Å²) in [7, 11) is -3.88. The second-order valence-electron chi connectivity index (χ2n) is 6.06. The number of hydrogen-bond acceptors (Lipinski definition) is 6. The highest BCUT2D eigenvalue weighted by molar-refractivity contribution is 7.92. The van der Waals surface area contributed by atoms with Crippen LogP contribution in [0.4, 0.5) is 5.69 Å². The molecule has 0 aliphatic heterocycles. The third kappa shape index (κ3) is 4.10. The summed E-state index contributed by atoms with van der Waals surface area (Å²) < 4.78 is 35.2. The number of benzene rings is 2. The van der Waals surface area contributed by atoms with E-state index in [1.807, 2.05) is 6.92 Å². The second kappa shape index (κ2) is 8.15. The average molecular weight is 421 g/mol. The molecule has 0 unspecified atom stereocenters. The number of carbonyl (C=O) groups excluding carboxylic acids is 1. The third-order valence-electron chi connectivity index (χ3n) is 4.02.